The first-order valence-electron chi connectivity index (χ1n) is 5.91. The van der Waals surface area contributed by atoms with E-state index in [4.69, 9.17) is 39.6 Å². The number of aliphatic carboxylic acids is 4. The maximum Gasteiger partial charge on any atom is 0.414 e. The standard InChI is InChI=1S/2C5H5N.2C2H2O4.Cr/c2*1-2-4-6-5-3-1;2*3-1(4)2(5)6;/h2*1-5H;2*(H,3,4)(H,5,6);. The van der Waals surface area contributed by atoms with Gasteiger partial charge < -0.3 is 20.4 Å². The number of nitrogens with zero attached hydrogens (tertiary/aromatic N) is 2. The summed E-state index contributed by atoms with van der Waals surface area (Å²) in [6.07, 6.45) is 7.00. The van der Waals surface area contributed by atoms with Crippen LogP contribution in [0.3, 0.4) is 0 Å². The van der Waals surface area contributed by atoms with Crippen LogP contribution in [0.5, 0.6) is 0 Å². The molecule has 25 heavy (non-hydrogen) atoms. The molecule has 0 aromatic carbocycles. The predicted molar refractivity (Wildman–Crippen MR) is 79.0 cm³/mol. The average Bonchev–Trinajstić information content (AvgIpc) is 2.59. The van der Waals surface area contributed by atoms with Crippen LogP contribution in [-0.4, -0.2) is 54.3 Å². The van der Waals surface area contributed by atoms with Crippen molar-refractivity contribution in [1.29, 1.82) is 0 Å². The molecule has 2 rings (SSSR count). The second-order valence-electron chi connectivity index (χ2n) is 3.27. The monoisotopic (exact) mass is 390 g/mol. The Hall–Kier alpha value is -3.29. The van der Waals surface area contributed by atoms with Gasteiger partial charge in [-0.1, -0.05) is 12.1 Å². The SMILES string of the molecule is O=C(O)C(=O)O.O=C(O)C(=O)O.[Cr].c1ccncc1.c1ccncc1. The Labute approximate surface area is 152 Å². The van der Waals surface area contributed by atoms with E-state index in [0.29, 0.717) is 0 Å². The van der Waals surface area contributed by atoms with E-state index < -0.39 is 23.9 Å². The van der Waals surface area contributed by atoms with Gasteiger partial charge in [0.25, 0.3) is 0 Å². The van der Waals surface area contributed by atoms with E-state index in [0.717, 1.165) is 0 Å². The predicted octanol–water partition coefficient (Wildman–Crippen LogP) is 0.472. The van der Waals surface area contributed by atoms with Crippen molar-refractivity contribution in [3.63, 3.8) is 0 Å². The normalized spacial score (nSPS) is 7.36. The number of carboxylic acids is 4. The molecule has 0 radical (unpaired) electrons. The molecule has 4 N–H and O–H groups in total. The van der Waals surface area contributed by atoms with Crippen molar-refractivity contribution in [3.05, 3.63) is 61.2 Å². The largest absolute Gasteiger partial charge is 0.473 e. The topological polar surface area (TPSA) is 175 Å². The number of pyridine rings is 2. The van der Waals surface area contributed by atoms with Crippen molar-refractivity contribution in [2.24, 2.45) is 0 Å². The van der Waals surface area contributed by atoms with Crippen LogP contribution < -0.4 is 0 Å². The first-order valence-corrected chi connectivity index (χ1v) is 5.91. The van der Waals surface area contributed by atoms with Crippen LogP contribution in [-0.2, 0) is 36.5 Å². The molecule has 0 aliphatic heterocycles. The Morgan fingerprint density at radius 3 is 0.720 bits per heavy atom. The van der Waals surface area contributed by atoms with Crippen molar-refractivity contribution in [3.8, 4) is 0 Å². The summed E-state index contributed by atoms with van der Waals surface area (Å²) >= 11 is 0. The van der Waals surface area contributed by atoms with Gasteiger partial charge >= 0.3 is 23.9 Å². The third kappa shape index (κ3) is 26.0. The molecular weight excluding hydrogens is 376 g/mol. The summed E-state index contributed by atoms with van der Waals surface area (Å²) in [6.45, 7) is 0. The molecule has 10 nitrogen and oxygen atoms in total. The van der Waals surface area contributed by atoms with E-state index in [1.807, 2.05) is 36.4 Å². The molecule has 2 aromatic rings. The van der Waals surface area contributed by atoms with Crippen LogP contribution in [0.15, 0.2) is 61.2 Å². The molecule has 2 aromatic heterocycles. The van der Waals surface area contributed by atoms with Gasteiger partial charge in [0.05, 0.1) is 0 Å². The fourth-order valence-electron chi connectivity index (χ4n) is 0.625. The van der Waals surface area contributed by atoms with Crippen LogP contribution in [0.4, 0.5) is 0 Å². The number of carboxylic acid groups (broad SMARTS) is 4. The second kappa shape index (κ2) is 18.8. The van der Waals surface area contributed by atoms with Gasteiger partial charge in [-0.15, -0.1) is 0 Å². The maximum atomic E-state index is 9.10. The van der Waals surface area contributed by atoms with E-state index >= 15 is 0 Å². The summed E-state index contributed by atoms with van der Waals surface area (Å²) < 4.78 is 0. The second-order valence-corrected chi connectivity index (χ2v) is 3.27. The van der Waals surface area contributed by atoms with Gasteiger partial charge in [-0.05, 0) is 24.3 Å². The van der Waals surface area contributed by atoms with Crippen molar-refractivity contribution in [2.45, 2.75) is 0 Å². The zero-order chi connectivity index (χ0) is 18.8. The number of carbonyl (C=O) groups is 4. The van der Waals surface area contributed by atoms with E-state index in [2.05, 4.69) is 9.97 Å². The first kappa shape index (κ1) is 26.6. The van der Waals surface area contributed by atoms with Crippen molar-refractivity contribution in [2.75, 3.05) is 0 Å². The molecule has 134 valence electrons. The van der Waals surface area contributed by atoms with Crippen LogP contribution in [0.1, 0.15) is 0 Å². The molecule has 0 spiro atoms. The van der Waals surface area contributed by atoms with Crippen molar-refractivity contribution < 1.29 is 57.0 Å². The number of hydrogen-bond donors (Lipinski definition) is 4. The molecule has 0 amide bonds. The van der Waals surface area contributed by atoms with Crippen LogP contribution in [0.25, 0.3) is 0 Å². The molecule has 0 saturated carbocycles. The third-order valence-corrected chi connectivity index (χ3v) is 1.50. The van der Waals surface area contributed by atoms with Crippen LogP contribution in [0, 0.1) is 0 Å². The van der Waals surface area contributed by atoms with Gasteiger partial charge in [0, 0.05) is 42.1 Å². The Morgan fingerprint density at radius 1 is 0.480 bits per heavy atom. The third-order valence-electron chi connectivity index (χ3n) is 1.50. The zero-order valence-electron chi connectivity index (χ0n) is 12.5. The molecule has 0 unspecified atom stereocenters. The van der Waals surface area contributed by atoms with E-state index in [9.17, 15) is 0 Å². The molecular formula is C14H14CrN2O8. The number of aromatic nitrogens is 2. The molecule has 0 aliphatic rings. The van der Waals surface area contributed by atoms with Crippen LogP contribution in [0.2, 0.25) is 0 Å². The zero-order valence-corrected chi connectivity index (χ0v) is 13.8. The van der Waals surface area contributed by atoms with Crippen molar-refractivity contribution in [1.82, 2.24) is 9.97 Å². The Balaban J connectivity index is -0.000000255. The first-order chi connectivity index (χ1) is 11.3. The molecule has 0 saturated heterocycles. The Morgan fingerprint density at radius 2 is 0.680 bits per heavy atom. The number of rotatable bonds is 0. The quantitative estimate of drug-likeness (QED) is 0.463. The molecule has 0 fully saturated rings. The fraction of sp³-hybridized carbons (Fsp3) is 0. The molecule has 0 bridgehead atoms. The van der Waals surface area contributed by atoms with E-state index in [1.54, 1.807) is 24.8 Å². The maximum absolute atomic E-state index is 9.10. The van der Waals surface area contributed by atoms with Gasteiger partial charge in [0.15, 0.2) is 0 Å². The molecule has 0 aliphatic carbocycles. The summed E-state index contributed by atoms with van der Waals surface area (Å²) in [7, 11) is 0. The summed E-state index contributed by atoms with van der Waals surface area (Å²) in [4.78, 5) is 44.0. The van der Waals surface area contributed by atoms with Gasteiger partial charge in [0.2, 0.25) is 0 Å². The minimum atomic E-state index is -1.82. The summed E-state index contributed by atoms with van der Waals surface area (Å²) in [5, 5.41) is 29.6. The summed E-state index contributed by atoms with van der Waals surface area (Å²) in [5.74, 6) is -7.30. The Bertz CT molecular complexity index is 478. The minimum absolute atomic E-state index is 0. The summed E-state index contributed by atoms with van der Waals surface area (Å²) in [5.41, 5.74) is 0. The molecule has 0 atom stereocenters. The Kier molecular flexibility index (Phi) is 20.0. The van der Waals surface area contributed by atoms with Crippen molar-refractivity contribution >= 4 is 23.9 Å². The fourth-order valence-corrected chi connectivity index (χ4v) is 0.625. The number of hydrogen-bond acceptors (Lipinski definition) is 6. The summed E-state index contributed by atoms with van der Waals surface area (Å²) in [6, 6.07) is 11.4. The van der Waals surface area contributed by atoms with E-state index in [-0.39, 0.29) is 17.4 Å². The molecule has 11 heteroatoms. The molecule has 2 heterocycles. The van der Waals surface area contributed by atoms with Gasteiger partial charge in [-0.2, -0.15) is 0 Å². The smallest absolute Gasteiger partial charge is 0.414 e. The van der Waals surface area contributed by atoms with Gasteiger partial charge in [0.1, 0.15) is 0 Å². The average molecular weight is 390 g/mol. The van der Waals surface area contributed by atoms with E-state index in [1.165, 1.54) is 0 Å². The van der Waals surface area contributed by atoms with Crippen LogP contribution >= 0.6 is 0 Å². The van der Waals surface area contributed by atoms with Gasteiger partial charge in [-0.3, -0.25) is 9.97 Å². The minimum Gasteiger partial charge on any atom is -0.473 e. The van der Waals surface area contributed by atoms with Gasteiger partial charge in [-0.25, -0.2) is 19.2 Å².